The van der Waals surface area contributed by atoms with Gasteiger partial charge in [-0.2, -0.15) is 0 Å². The van der Waals surface area contributed by atoms with Crippen LogP contribution >= 0.6 is 11.3 Å². The van der Waals surface area contributed by atoms with E-state index in [9.17, 15) is 9.18 Å². The van der Waals surface area contributed by atoms with E-state index in [1.807, 2.05) is 4.90 Å². The van der Waals surface area contributed by atoms with E-state index < -0.39 is 0 Å². The molecule has 0 unspecified atom stereocenters. The lowest BCUT2D eigenvalue weighted by Gasteiger charge is -2.44. The van der Waals surface area contributed by atoms with Crippen LogP contribution < -0.4 is 4.90 Å². The Morgan fingerprint density at radius 1 is 0.886 bits per heavy atom. The molecule has 0 spiro atoms. The van der Waals surface area contributed by atoms with Crippen molar-refractivity contribution in [1.82, 2.24) is 14.8 Å². The van der Waals surface area contributed by atoms with Crippen molar-refractivity contribution in [1.29, 1.82) is 0 Å². The monoisotopic (exact) mass is 486 g/mol. The summed E-state index contributed by atoms with van der Waals surface area (Å²) >= 11 is 1.49. The number of carbonyl (C=O) groups is 1. The molecule has 1 aromatic heterocycles. The predicted octanol–water partition coefficient (Wildman–Crippen LogP) is 4.81. The van der Waals surface area contributed by atoms with Crippen LogP contribution in [0.5, 0.6) is 0 Å². The minimum Gasteiger partial charge on any atom is -0.346 e. The van der Waals surface area contributed by atoms with Crippen LogP contribution in [0.2, 0.25) is 0 Å². The lowest BCUT2D eigenvalue weighted by atomic mass is 9.95. The molecule has 0 atom stereocenters. The maximum atomic E-state index is 13.5. The third-order valence-corrected chi connectivity index (χ3v) is 8.14. The summed E-state index contributed by atoms with van der Waals surface area (Å²) in [6.07, 6.45) is 0. The number of rotatable bonds is 5. The quantitative estimate of drug-likeness (QED) is 0.406. The number of thiazole rings is 1. The fraction of sp³-hybridized carbons (Fsp3) is 0.286. The first-order chi connectivity index (χ1) is 17.2. The summed E-state index contributed by atoms with van der Waals surface area (Å²) in [5.41, 5.74) is 3.37. The van der Waals surface area contributed by atoms with Gasteiger partial charge in [0.05, 0.1) is 22.2 Å². The van der Waals surface area contributed by atoms with Crippen LogP contribution in [-0.4, -0.2) is 60.0 Å². The number of carbonyl (C=O) groups excluding carboxylic acids is 1. The largest absolute Gasteiger partial charge is 0.346 e. The third kappa shape index (κ3) is 4.42. The number of nitrogens with zero attached hydrogens (tertiary/aromatic N) is 4. The topological polar surface area (TPSA) is 39.7 Å². The molecule has 2 aliphatic rings. The molecule has 35 heavy (non-hydrogen) atoms. The van der Waals surface area contributed by atoms with E-state index >= 15 is 0 Å². The molecule has 2 fully saturated rings. The molecule has 7 heteroatoms. The molecule has 178 valence electrons. The summed E-state index contributed by atoms with van der Waals surface area (Å²) in [6, 6.07) is 26.1. The number of halogens is 1. The first-order valence-electron chi connectivity index (χ1n) is 12.1. The number of hydrogen-bond donors (Lipinski definition) is 0. The summed E-state index contributed by atoms with van der Waals surface area (Å²) in [5.74, 6) is -0.00126. The fourth-order valence-corrected chi connectivity index (χ4v) is 6.16. The zero-order valence-corrected chi connectivity index (χ0v) is 20.2. The number of aromatic nitrogens is 1. The number of hydrogen-bond acceptors (Lipinski definition) is 5. The van der Waals surface area contributed by atoms with Crippen molar-refractivity contribution in [3.8, 4) is 0 Å². The van der Waals surface area contributed by atoms with Crippen molar-refractivity contribution in [2.24, 2.45) is 5.92 Å². The van der Waals surface area contributed by atoms with Crippen molar-refractivity contribution in [3.63, 3.8) is 0 Å². The molecule has 0 N–H and O–H groups in total. The lowest BCUT2D eigenvalue weighted by Crippen LogP contribution is -2.58. The highest BCUT2D eigenvalue weighted by atomic mass is 32.1. The van der Waals surface area contributed by atoms with Crippen LogP contribution in [0.25, 0.3) is 10.2 Å². The number of piperazine rings is 1. The molecular weight excluding hydrogens is 459 g/mol. The van der Waals surface area contributed by atoms with Crippen molar-refractivity contribution in [2.45, 2.75) is 6.04 Å². The van der Waals surface area contributed by atoms with Gasteiger partial charge in [-0.3, -0.25) is 9.69 Å². The molecule has 3 aromatic carbocycles. The van der Waals surface area contributed by atoms with Crippen LogP contribution in [0.1, 0.15) is 17.2 Å². The van der Waals surface area contributed by atoms with E-state index in [0.717, 1.165) is 41.5 Å². The SMILES string of the molecule is O=C(C1CN(c2nc3ccc(F)cc3s2)C1)N1CCN(C(c2ccccc2)c2ccccc2)CC1. The highest BCUT2D eigenvalue weighted by molar-refractivity contribution is 7.22. The van der Waals surface area contributed by atoms with E-state index in [0.29, 0.717) is 13.1 Å². The van der Waals surface area contributed by atoms with Gasteiger partial charge in [-0.15, -0.1) is 0 Å². The third-order valence-electron chi connectivity index (χ3n) is 7.06. The van der Waals surface area contributed by atoms with E-state index in [-0.39, 0.29) is 23.7 Å². The van der Waals surface area contributed by atoms with Crippen LogP contribution in [-0.2, 0) is 4.79 Å². The van der Waals surface area contributed by atoms with Gasteiger partial charge in [0.25, 0.3) is 0 Å². The molecule has 6 rings (SSSR count). The average Bonchev–Trinajstić information content (AvgIpc) is 3.27. The van der Waals surface area contributed by atoms with Crippen molar-refractivity contribution < 1.29 is 9.18 Å². The highest BCUT2D eigenvalue weighted by Gasteiger charge is 2.38. The molecule has 0 aliphatic carbocycles. The summed E-state index contributed by atoms with van der Waals surface area (Å²) in [7, 11) is 0. The molecule has 5 nitrogen and oxygen atoms in total. The van der Waals surface area contributed by atoms with Crippen molar-refractivity contribution >= 4 is 32.6 Å². The summed E-state index contributed by atoms with van der Waals surface area (Å²) < 4.78 is 14.3. The Morgan fingerprint density at radius 2 is 1.51 bits per heavy atom. The molecule has 0 radical (unpaired) electrons. The van der Waals surface area contributed by atoms with Gasteiger partial charge in [0, 0.05) is 39.3 Å². The average molecular weight is 487 g/mol. The van der Waals surface area contributed by atoms with Gasteiger partial charge in [-0.25, -0.2) is 9.37 Å². The second kappa shape index (κ2) is 9.40. The molecule has 4 aromatic rings. The molecule has 0 bridgehead atoms. The highest BCUT2D eigenvalue weighted by Crippen LogP contribution is 2.34. The number of fused-ring (bicyclic) bond motifs is 1. The minimum absolute atomic E-state index is 0.00402. The molecule has 2 aliphatic heterocycles. The normalized spacial score (nSPS) is 17.2. The van der Waals surface area contributed by atoms with Gasteiger partial charge < -0.3 is 9.80 Å². The first-order valence-corrected chi connectivity index (χ1v) is 12.9. The maximum absolute atomic E-state index is 13.5. The first kappa shape index (κ1) is 22.2. The Morgan fingerprint density at radius 3 is 2.14 bits per heavy atom. The van der Waals surface area contributed by atoms with Gasteiger partial charge >= 0.3 is 0 Å². The molecule has 2 saturated heterocycles. The smallest absolute Gasteiger partial charge is 0.229 e. The van der Waals surface area contributed by atoms with Crippen molar-refractivity contribution in [3.05, 3.63) is 95.8 Å². The zero-order valence-electron chi connectivity index (χ0n) is 19.4. The standard InChI is InChI=1S/C28H27FN4OS/c29-23-11-12-24-25(17-23)35-28(30-24)33-18-22(19-33)27(34)32-15-13-31(14-16-32)26(20-7-3-1-4-8-20)21-9-5-2-6-10-21/h1-12,17,22,26H,13-16,18-19H2. The van der Waals surface area contributed by atoms with Crippen LogP contribution in [0.4, 0.5) is 9.52 Å². The van der Waals surface area contributed by atoms with E-state index in [4.69, 9.17) is 0 Å². The van der Waals surface area contributed by atoms with E-state index in [1.54, 1.807) is 6.07 Å². The summed E-state index contributed by atoms with van der Waals surface area (Å²) in [4.78, 5) is 24.5. The Hall–Kier alpha value is -3.29. The van der Waals surface area contributed by atoms with E-state index in [1.165, 1.54) is 34.6 Å². The summed E-state index contributed by atoms with van der Waals surface area (Å²) in [5, 5.41) is 0.869. The predicted molar refractivity (Wildman–Crippen MR) is 138 cm³/mol. The van der Waals surface area contributed by atoms with Crippen molar-refractivity contribution in [2.75, 3.05) is 44.2 Å². The lowest BCUT2D eigenvalue weighted by molar-refractivity contribution is -0.138. The Balaban J connectivity index is 1.08. The van der Waals surface area contributed by atoms with Crippen LogP contribution in [0.3, 0.4) is 0 Å². The van der Waals surface area contributed by atoms with Crippen LogP contribution in [0, 0.1) is 11.7 Å². The maximum Gasteiger partial charge on any atom is 0.229 e. The minimum atomic E-state index is -0.245. The second-order valence-corrected chi connectivity index (χ2v) is 10.3. The van der Waals surface area contributed by atoms with Gasteiger partial charge in [-0.1, -0.05) is 72.0 Å². The van der Waals surface area contributed by atoms with Gasteiger partial charge in [-0.05, 0) is 29.3 Å². The fourth-order valence-electron chi connectivity index (χ4n) is 5.16. The molecular formula is C28H27FN4OS. The van der Waals surface area contributed by atoms with Gasteiger partial charge in [0.2, 0.25) is 5.91 Å². The zero-order chi connectivity index (χ0) is 23.8. The Bertz CT molecular complexity index is 1280. The number of benzene rings is 3. The molecule has 3 heterocycles. The number of anilines is 1. The van der Waals surface area contributed by atoms with Gasteiger partial charge in [0.15, 0.2) is 5.13 Å². The van der Waals surface area contributed by atoms with E-state index in [2.05, 4.69) is 75.4 Å². The van der Waals surface area contributed by atoms with Crippen LogP contribution in [0.15, 0.2) is 78.9 Å². The molecule has 0 saturated carbocycles. The Labute approximate surface area is 208 Å². The second-order valence-electron chi connectivity index (χ2n) is 9.30. The number of amides is 1. The molecule has 1 amide bonds. The van der Waals surface area contributed by atoms with Gasteiger partial charge in [0.1, 0.15) is 5.82 Å². The summed E-state index contributed by atoms with van der Waals surface area (Å²) in [6.45, 7) is 4.54. The Kier molecular flexibility index (Phi) is 5.96.